The molecule has 0 atom stereocenters. The molecule has 2 aliphatic rings. The van der Waals surface area contributed by atoms with E-state index in [2.05, 4.69) is 90.5 Å². The summed E-state index contributed by atoms with van der Waals surface area (Å²) in [7, 11) is 0. The van der Waals surface area contributed by atoms with Crippen molar-refractivity contribution in [1.82, 2.24) is 17.5 Å². The summed E-state index contributed by atoms with van der Waals surface area (Å²) in [5.74, 6) is 0. The Morgan fingerprint density at radius 1 is 0.329 bits per heavy atom. The number of fused-ring (bicyclic) bond motifs is 10. The molecule has 0 amide bonds. The quantitative estimate of drug-likeness (QED) is 0.0288. The van der Waals surface area contributed by atoms with Crippen LogP contribution in [0.25, 0.3) is 44.3 Å². The Morgan fingerprint density at radius 2 is 0.592 bits per heavy atom. The number of rotatable bonds is 44. The van der Waals surface area contributed by atoms with E-state index in [4.69, 9.17) is 17.5 Å². The van der Waals surface area contributed by atoms with E-state index in [1.807, 2.05) is 0 Å². The third kappa shape index (κ3) is 16.4. The first-order valence-electron chi connectivity index (χ1n) is 32.6. The molecule has 0 bridgehead atoms. The van der Waals surface area contributed by atoms with Gasteiger partial charge in [0.25, 0.3) is 0 Å². The molecule has 2 aromatic heterocycles. The predicted molar refractivity (Wildman–Crippen MR) is 347 cm³/mol. The van der Waals surface area contributed by atoms with Crippen molar-refractivity contribution in [2.24, 2.45) is 0 Å². The topological polar surface area (TPSA) is 51.6 Å². The molecule has 0 saturated heterocycles. The minimum atomic E-state index is -0.0680. The van der Waals surface area contributed by atoms with Crippen LogP contribution in [0.2, 0.25) is 0 Å². The van der Waals surface area contributed by atoms with Crippen molar-refractivity contribution in [3.8, 4) is 22.3 Å². The number of aromatic nitrogens is 4. The highest BCUT2D eigenvalue weighted by molar-refractivity contribution is 14.1. The number of unbranched alkanes of at least 4 members (excludes halogenated alkanes) is 36. The molecule has 0 aliphatic heterocycles. The van der Waals surface area contributed by atoms with Gasteiger partial charge in [-0.15, -0.1) is 0 Å². The zero-order valence-electron chi connectivity index (χ0n) is 48.8. The van der Waals surface area contributed by atoms with E-state index in [1.165, 1.54) is 337 Å². The first-order valence-corrected chi connectivity index (χ1v) is 35.9. The van der Waals surface area contributed by atoms with Gasteiger partial charge in [0.15, 0.2) is 0 Å². The summed E-state index contributed by atoms with van der Waals surface area (Å²) in [5.41, 5.74) is 16.3. The Labute approximate surface area is 495 Å². The number of benzene rings is 3. The molecule has 2 heterocycles. The molecular formula is C68H104BrIN4S2. The minimum Gasteiger partial charge on any atom is -0.172 e. The van der Waals surface area contributed by atoms with Gasteiger partial charge in [-0.2, -0.15) is 17.5 Å². The number of hydrogen-bond donors (Lipinski definition) is 0. The standard InChI is InChI=1S/C68H104BrIN4S2/c1-5-9-13-17-21-25-29-33-37-41-45-67(46-42-38-34-30-26-22-18-14-10-6-2)55-50-54-56(49-53(55)61-57(67)51-59(69)63-65(61)73-75-71-63)68(47-43-39-35-31-27-23-19-15-11-7-3,48-44-40-36-32-28-24-20-16-12-8-4)58-52-60(70)64-66(62(54)58)74-76-72-64/h49-52H,5-48H2,1-4H3. The molecule has 7 rings (SSSR count). The van der Waals surface area contributed by atoms with E-state index < -0.39 is 0 Å². The van der Waals surface area contributed by atoms with Gasteiger partial charge in [0.2, 0.25) is 0 Å². The molecule has 2 aliphatic carbocycles. The van der Waals surface area contributed by atoms with E-state index >= 15 is 0 Å². The molecule has 4 nitrogen and oxygen atoms in total. The van der Waals surface area contributed by atoms with Crippen LogP contribution < -0.4 is 0 Å². The normalized spacial score (nSPS) is 14.1. The molecule has 0 saturated carbocycles. The van der Waals surface area contributed by atoms with Crippen LogP contribution in [0, 0.1) is 3.57 Å². The van der Waals surface area contributed by atoms with Gasteiger partial charge in [0.1, 0.15) is 22.1 Å². The maximum absolute atomic E-state index is 5.26. The van der Waals surface area contributed by atoms with Crippen LogP contribution in [0.15, 0.2) is 28.7 Å². The van der Waals surface area contributed by atoms with Crippen molar-refractivity contribution >= 4 is 84.0 Å². The van der Waals surface area contributed by atoms with Crippen molar-refractivity contribution in [3.63, 3.8) is 0 Å². The van der Waals surface area contributed by atoms with Crippen LogP contribution in [0.5, 0.6) is 0 Å². The van der Waals surface area contributed by atoms with Gasteiger partial charge in [-0.05, 0) is 122 Å². The highest BCUT2D eigenvalue weighted by Gasteiger charge is 2.49. The summed E-state index contributed by atoms with van der Waals surface area (Å²) in [5, 5.41) is 0. The van der Waals surface area contributed by atoms with Gasteiger partial charge >= 0.3 is 0 Å². The molecule has 0 radical (unpaired) electrons. The lowest BCUT2D eigenvalue weighted by Crippen LogP contribution is -2.27. The van der Waals surface area contributed by atoms with E-state index in [-0.39, 0.29) is 10.8 Å². The second-order valence-electron chi connectivity index (χ2n) is 24.3. The Bertz CT molecular complexity index is 2220. The highest BCUT2D eigenvalue weighted by atomic mass is 127. The van der Waals surface area contributed by atoms with Crippen molar-refractivity contribution in [2.45, 2.75) is 321 Å². The average molecular weight is 1250 g/mol. The number of nitrogens with zero attached hydrogens (tertiary/aromatic N) is 4. The Morgan fingerprint density at radius 3 is 0.921 bits per heavy atom. The van der Waals surface area contributed by atoms with Gasteiger partial charge in [-0.1, -0.05) is 285 Å². The summed E-state index contributed by atoms with van der Waals surface area (Å²) < 4.78 is 22.9. The van der Waals surface area contributed by atoms with E-state index in [0.717, 1.165) is 26.5 Å². The molecule has 5 aromatic rings. The third-order valence-electron chi connectivity index (χ3n) is 18.6. The van der Waals surface area contributed by atoms with E-state index in [9.17, 15) is 0 Å². The summed E-state index contributed by atoms with van der Waals surface area (Å²) in [4.78, 5) is 0. The van der Waals surface area contributed by atoms with Gasteiger partial charge in [-0.3, -0.25) is 0 Å². The monoisotopic (exact) mass is 1250 g/mol. The van der Waals surface area contributed by atoms with Crippen LogP contribution in [-0.2, 0) is 10.8 Å². The predicted octanol–water partition coefficient (Wildman–Crippen LogP) is 24.8. The maximum atomic E-state index is 5.26. The number of hydrogen-bond acceptors (Lipinski definition) is 6. The van der Waals surface area contributed by atoms with Gasteiger partial charge < -0.3 is 0 Å². The Balaban J connectivity index is 1.25. The summed E-state index contributed by atoms with van der Waals surface area (Å²) in [6.45, 7) is 9.32. The molecular weight excluding hydrogens is 1140 g/mol. The molecule has 422 valence electrons. The van der Waals surface area contributed by atoms with Crippen LogP contribution in [-0.4, -0.2) is 17.5 Å². The van der Waals surface area contributed by atoms with Crippen molar-refractivity contribution in [3.05, 3.63) is 54.6 Å². The second-order valence-corrected chi connectivity index (χ2v) is 27.4. The molecule has 8 heteroatoms. The lowest BCUT2D eigenvalue weighted by molar-refractivity contribution is 0.393. The lowest BCUT2D eigenvalue weighted by Gasteiger charge is -2.35. The Hall–Kier alpha value is -1.49. The molecule has 76 heavy (non-hydrogen) atoms. The molecule has 0 fully saturated rings. The average Bonchev–Trinajstić information content (AvgIpc) is 4.38. The van der Waals surface area contributed by atoms with Crippen molar-refractivity contribution in [2.75, 3.05) is 0 Å². The fraction of sp³-hybridized carbons (Fsp3) is 0.735. The first-order chi connectivity index (χ1) is 37.5. The first kappa shape index (κ1) is 62.1. The fourth-order valence-corrected chi connectivity index (χ4v) is 16.8. The van der Waals surface area contributed by atoms with E-state index in [1.54, 1.807) is 16.7 Å². The summed E-state index contributed by atoms with van der Waals surface area (Å²) >= 11 is 9.56. The van der Waals surface area contributed by atoms with Crippen LogP contribution in [0.1, 0.15) is 332 Å². The smallest absolute Gasteiger partial charge is 0.119 e. The zero-order chi connectivity index (χ0) is 53.3. The van der Waals surface area contributed by atoms with Crippen molar-refractivity contribution in [1.29, 1.82) is 0 Å². The molecule has 0 N–H and O–H groups in total. The van der Waals surface area contributed by atoms with Crippen LogP contribution in [0.3, 0.4) is 0 Å². The van der Waals surface area contributed by atoms with Gasteiger partial charge in [0.05, 0.1) is 23.5 Å². The SMILES string of the molecule is CCCCCCCCCCCCC1(CCCCCCCCCCCC)c2cc3c(cc2-c2c1cc(Br)c1nsnc21)C(CCCCCCCCCCCC)(CCCCCCCCCCCC)c1cc(I)c2nsnc2c1-3. The molecule has 0 spiro atoms. The largest absolute Gasteiger partial charge is 0.172 e. The maximum Gasteiger partial charge on any atom is 0.119 e. The highest BCUT2D eigenvalue weighted by Crippen LogP contribution is 2.63. The van der Waals surface area contributed by atoms with Gasteiger partial charge in [0, 0.05) is 30.0 Å². The summed E-state index contributed by atoms with van der Waals surface area (Å²) in [6.07, 6.45) is 59.5. The third-order valence-corrected chi connectivity index (χ3v) is 21.1. The fourth-order valence-electron chi connectivity index (χ4n) is 14.2. The minimum absolute atomic E-state index is 0.0506. The molecule has 3 aromatic carbocycles. The van der Waals surface area contributed by atoms with Crippen LogP contribution >= 0.6 is 62.0 Å². The van der Waals surface area contributed by atoms with Crippen LogP contribution in [0.4, 0.5) is 0 Å². The lowest BCUT2D eigenvalue weighted by atomic mass is 9.68. The Kier molecular flexibility index (Phi) is 27.8. The van der Waals surface area contributed by atoms with E-state index in [0.29, 0.717) is 0 Å². The second kappa shape index (κ2) is 34.1. The van der Waals surface area contributed by atoms with Gasteiger partial charge in [-0.25, -0.2) is 0 Å². The zero-order valence-corrected chi connectivity index (χ0v) is 54.2. The number of halogens is 2. The van der Waals surface area contributed by atoms with Crippen molar-refractivity contribution < 1.29 is 0 Å². The summed E-state index contributed by atoms with van der Waals surface area (Å²) in [6, 6.07) is 10.7. The molecule has 0 unspecified atom stereocenters.